The Morgan fingerprint density at radius 2 is 1.93 bits per heavy atom. The van der Waals surface area contributed by atoms with Gasteiger partial charge in [-0.15, -0.1) is 0 Å². The summed E-state index contributed by atoms with van der Waals surface area (Å²) in [5.41, 5.74) is 1.47. The van der Waals surface area contributed by atoms with Crippen molar-refractivity contribution in [2.75, 3.05) is 19.4 Å². The van der Waals surface area contributed by atoms with Gasteiger partial charge < -0.3 is 5.32 Å². The Bertz CT molecular complexity index is 1100. The maximum absolute atomic E-state index is 12.6. The largest absolute Gasteiger partial charge is 0.322 e. The lowest BCUT2D eigenvalue weighted by Gasteiger charge is -2.12. The lowest BCUT2D eigenvalue weighted by Crippen LogP contribution is -2.22. The van der Waals surface area contributed by atoms with E-state index in [2.05, 4.69) is 15.4 Å². The van der Waals surface area contributed by atoms with Crippen molar-refractivity contribution < 1.29 is 13.2 Å². The molecule has 0 radical (unpaired) electrons. The number of sulfonamides is 1. The third-order valence-electron chi connectivity index (χ3n) is 4.06. The lowest BCUT2D eigenvalue weighted by atomic mass is 10.2. The zero-order valence-electron chi connectivity index (χ0n) is 15.5. The minimum Gasteiger partial charge on any atom is -0.322 e. The third kappa shape index (κ3) is 3.69. The van der Waals surface area contributed by atoms with Crippen LogP contribution >= 0.6 is 0 Å². The molecule has 3 aromatic rings. The minimum atomic E-state index is -3.58. The first-order valence-corrected chi connectivity index (χ1v) is 9.81. The molecule has 2 aromatic heterocycles. The molecule has 0 aliphatic carbocycles. The normalized spacial score (nSPS) is 12.1. The number of hydrogen-bond donors (Lipinski definition) is 1. The maximum Gasteiger partial charge on any atom is 0.257 e. The summed E-state index contributed by atoms with van der Waals surface area (Å²) in [4.78, 5) is 17.0. The van der Waals surface area contributed by atoms with Gasteiger partial charge in [0.25, 0.3) is 5.91 Å². The molecule has 27 heavy (non-hydrogen) atoms. The molecule has 0 bridgehead atoms. The zero-order chi connectivity index (χ0) is 19.8. The Hall–Kier alpha value is -2.78. The van der Waals surface area contributed by atoms with E-state index in [9.17, 15) is 13.2 Å². The summed E-state index contributed by atoms with van der Waals surface area (Å²) in [6, 6.07) is 8.00. The molecule has 8 nitrogen and oxygen atoms in total. The molecule has 1 aromatic carbocycles. The first kappa shape index (κ1) is 19.0. The van der Waals surface area contributed by atoms with Gasteiger partial charge in [-0.25, -0.2) is 22.4 Å². The van der Waals surface area contributed by atoms with Gasteiger partial charge >= 0.3 is 0 Å². The number of hydrogen-bond acceptors (Lipinski definition) is 5. The van der Waals surface area contributed by atoms with Crippen LogP contribution in [0.5, 0.6) is 0 Å². The minimum absolute atomic E-state index is 0.108. The fraction of sp³-hybridized carbons (Fsp3) is 0.278. The third-order valence-corrected chi connectivity index (χ3v) is 5.87. The Morgan fingerprint density at radius 1 is 1.19 bits per heavy atom. The molecule has 2 heterocycles. The molecule has 1 N–H and O–H groups in total. The second-order valence-electron chi connectivity index (χ2n) is 6.59. The highest BCUT2D eigenvalue weighted by Crippen LogP contribution is 2.20. The smallest absolute Gasteiger partial charge is 0.257 e. The predicted octanol–water partition coefficient (Wildman–Crippen LogP) is 2.51. The molecule has 9 heteroatoms. The van der Waals surface area contributed by atoms with E-state index in [1.54, 1.807) is 29.1 Å². The van der Waals surface area contributed by atoms with Gasteiger partial charge in [0, 0.05) is 37.4 Å². The molecule has 0 unspecified atom stereocenters. The number of benzene rings is 1. The second kappa shape index (κ2) is 7.09. The Kier molecular flexibility index (Phi) is 4.99. The fourth-order valence-electron chi connectivity index (χ4n) is 2.59. The van der Waals surface area contributed by atoms with Crippen LogP contribution in [0.4, 0.5) is 5.69 Å². The lowest BCUT2D eigenvalue weighted by molar-refractivity contribution is 0.102. The van der Waals surface area contributed by atoms with Crippen molar-refractivity contribution in [3.8, 4) is 0 Å². The molecule has 0 saturated carbocycles. The van der Waals surface area contributed by atoms with Gasteiger partial charge in [-0.05, 0) is 38.1 Å². The summed E-state index contributed by atoms with van der Waals surface area (Å²) in [5.74, 6) is -0.374. The molecule has 3 rings (SSSR count). The van der Waals surface area contributed by atoms with Crippen molar-refractivity contribution in [1.29, 1.82) is 0 Å². The van der Waals surface area contributed by atoms with Crippen molar-refractivity contribution in [2.24, 2.45) is 0 Å². The first-order chi connectivity index (χ1) is 12.7. The van der Waals surface area contributed by atoms with Gasteiger partial charge in [-0.2, -0.15) is 5.10 Å². The fourth-order valence-corrected chi connectivity index (χ4v) is 3.54. The van der Waals surface area contributed by atoms with Gasteiger partial charge in [0.1, 0.15) is 0 Å². The van der Waals surface area contributed by atoms with Crippen molar-refractivity contribution >= 4 is 32.7 Å². The van der Waals surface area contributed by atoms with E-state index >= 15 is 0 Å². The molecule has 0 aliphatic rings. The molecule has 0 atom stereocenters. The average Bonchev–Trinajstić information content (AvgIpc) is 3.05. The van der Waals surface area contributed by atoms with Crippen LogP contribution in [0, 0.1) is 0 Å². The highest BCUT2D eigenvalue weighted by molar-refractivity contribution is 7.89. The molecule has 0 fully saturated rings. The molecular weight excluding hydrogens is 366 g/mol. The van der Waals surface area contributed by atoms with Crippen LogP contribution in [0.25, 0.3) is 11.0 Å². The van der Waals surface area contributed by atoms with E-state index in [1.165, 1.54) is 32.4 Å². The summed E-state index contributed by atoms with van der Waals surface area (Å²) >= 11 is 0. The Balaban J connectivity index is 1.87. The number of nitrogens with zero attached hydrogens (tertiary/aromatic N) is 4. The summed E-state index contributed by atoms with van der Waals surface area (Å²) in [5, 5.41) is 7.76. The van der Waals surface area contributed by atoms with Crippen LogP contribution in [0.15, 0.2) is 47.6 Å². The Labute approximate surface area is 157 Å². The van der Waals surface area contributed by atoms with E-state index in [4.69, 9.17) is 0 Å². The Morgan fingerprint density at radius 3 is 2.59 bits per heavy atom. The van der Waals surface area contributed by atoms with Gasteiger partial charge in [0.15, 0.2) is 5.65 Å². The van der Waals surface area contributed by atoms with E-state index in [-0.39, 0.29) is 16.8 Å². The summed E-state index contributed by atoms with van der Waals surface area (Å²) in [6.45, 7) is 4.01. The SMILES string of the molecule is CC(C)n1ncc2cc(C(=O)Nc3cccc(S(=O)(=O)N(C)C)c3)cnc21. The van der Waals surface area contributed by atoms with Gasteiger partial charge in [-0.3, -0.25) is 4.79 Å². The molecule has 1 amide bonds. The van der Waals surface area contributed by atoms with E-state index in [0.717, 1.165) is 9.69 Å². The summed E-state index contributed by atoms with van der Waals surface area (Å²) < 4.78 is 27.4. The quantitative estimate of drug-likeness (QED) is 0.725. The zero-order valence-corrected chi connectivity index (χ0v) is 16.4. The highest BCUT2D eigenvalue weighted by atomic mass is 32.2. The number of fused-ring (bicyclic) bond motifs is 1. The van der Waals surface area contributed by atoms with Crippen LogP contribution in [-0.4, -0.2) is 47.5 Å². The number of nitrogens with one attached hydrogen (secondary N) is 1. The average molecular weight is 387 g/mol. The summed E-state index contributed by atoms with van der Waals surface area (Å²) in [7, 11) is -0.661. The number of amides is 1. The number of pyridine rings is 1. The molecule has 142 valence electrons. The number of anilines is 1. The number of rotatable bonds is 5. The van der Waals surface area contributed by atoms with Gasteiger partial charge in [0.05, 0.1) is 16.7 Å². The predicted molar refractivity (Wildman–Crippen MR) is 103 cm³/mol. The number of carbonyl (C=O) groups is 1. The monoisotopic (exact) mass is 387 g/mol. The van der Waals surface area contributed by atoms with Crippen molar-refractivity contribution in [3.63, 3.8) is 0 Å². The van der Waals surface area contributed by atoms with Crippen LogP contribution in [-0.2, 0) is 10.0 Å². The van der Waals surface area contributed by atoms with E-state index < -0.39 is 10.0 Å². The second-order valence-corrected chi connectivity index (χ2v) is 8.74. The van der Waals surface area contributed by atoms with Crippen molar-refractivity contribution in [2.45, 2.75) is 24.8 Å². The van der Waals surface area contributed by atoms with Crippen LogP contribution in [0.3, 0.4) is 0 Å². The maximum atomic E-state index is 12.6. The molecule has 0 saturated heterocycles. The van der Waals surface area contributed by atoms with Gasteiger partial charge in [-0.1, -0.05) is 6.07 Å². The van der Waals surface area contributed by atoms with E-state index in [1.807, 2.05) is 13.8 Å². The van der Waals surface area contributed by atoms with Crippen molar-refractivity contribution in [3.05, 3.63) is 48.3 Å². The topological polar surface area (TPSA) is 97.2 Å². The number of carbonyl (C=O) groups excluding carboxylic acids is 1. The van der Waals surface area contributed by atoms with Crippen LogP contribution in [0.1, 0.15) is 30.2 Å². The molecular formula is C18H21N5O3S. The van der Waals surface area contributed by atoms with Crippen LogP contribution in [0.2, 0.25) is 0 Å². The van der Waals surface area contributed by atoms with Gasteiger partial charge in [0.2, 0.25) is 10.0 Å². The number of aromatic nitrogens is 3. The highest BCUT2D eigenvalue weighted by Gasteiger charge is 2.18. The standard InChI is InChI=1S/C18H21N5O3S/c1-12(2)23-17-13(11-20-23)8-14(10-19-17)18(24)21-15-6-5-7-16(9-15)27(25,26)22(3)4/h5-12H,1-4H3,(H,21,24). The van der Waals surface area contributed by atoms with Crippen LogP contribution < -0.4 is 5.32 Å². The van der Waals surface area contributed by atoms with Crippen molar-refractivity contribution in [1.82, 2.24) is 19.1 Å². The molecule has 0 spiro atoms. The van der Waals surface area contributed by atoms with E-state index in [0.29, 0.717) is 16.9 Å². The first-order valence-electron chi connectivity index (χ1n) is 8.37. The summed E-state index contributed by atoms with van der Waals surface area (Å²) in [6.07, 6.45) is 3.15. The molecule has 0 aliphatic heterocycles.